The van der Waals surface area contributed by atoms with Crippen LogP contribution in [0.25, 0.3) is 6.08 Å². The minimum absolute atomic E-state index is 0.483. The number of anilines is 1. The summed E-state index contributed by atoms with van der Waals surface area (Å²) >= 11 is 5.64. The molecule has 80 valence electrons. The van der Waals surface area contributed by atoms with Crippen molar-refractivity contribution in [1.29, 1.82) is 0 Å². The smallest absolute Gasteiger partial charge is 0.328 e. The molecule has 0 unspecified atom stereocenters. The van der Waals surface area contributed by atoms with Crippen LogP contribution in [0.1, 0.15) is 11.1 Å². The van der Waals surface area contributed by atoms with Crippen LogP contribution in [-0.2, 0) is 11.2 Å². The van der Waals surface area contributed by atoms with Crippen LogP contribution in [0, 0.1) is 0 Å². The highest BCUT2D eigenvalue weighted by atomic mass is 35.5. The average Bonchev–Trinajstić information content (AvgIpc) is 2.17. The number of hydrogen-bond acceptors (Lipinski definition) is 2. The first-order valence-electron chi connectivity index (χ1n) is 4.49. The topological polar surface area (TPSA) is 63.3 Å². The van der Waals surface area contributed by atoms with Gasteiger partial charge in [-0.2, -0.15) is 0 Å². The predicted molar refractivity (Wildman–Crippen MR) is 61.9 cm³/mol. The van der Waals surface area contributed by atoms with E-state index in [2.05, 4.69) is 0 Å². The Morgan fingerprint density at radius 2 is 2.27 bits per heavy atom. The van der Waals surface area contributed by atoms with E-state index < -0.39 is 5.97 Å². The highest BCUT2D eigenvalue weighted by molar-refractivity contribution is 6.18. The van der Waals surface area contributed by atoms with Crippen molar-refractivity contribution in [2.75, 3.05) is 11.6 Å². The van der Waals surface area contributed by atoms with Gasteiger partial charge in [-0.1, -0.05) is 6.07 Å². The number of aryl methyl sites for hydroxylation is 1. The standard InChI is InChI=1S/C11H12ClNO2/c12-6-5-9-7-10(13)3-1-8(9)2-4-11(14)15/h1-4,7H,5-6,13H2,(H,14,15). The van der Waals surface area contributed by atoms with E-state index in [4.69, 9.17) is 22.4 Å². The van der Waals surface area contributed by atoms with Gasteiger partial charge in [0.15, 0.2) is 0 Å². The highest BCUT2D eigenvalue weighted by Crippen LogP contribution is 2.16. The van der Waals surface area contributed by atoms with Gasteiger partial charge in [-0.3, -0.25) is 0 Å². The maximum Gasteiger partial charge on any atom is 0.328 e. The van der Waals surface area contributed by atoms with E-state index in [1.54, 1.807) is 18.2 Å². The molecule has 0 saturated carbocycles. The van der Waals surface area contributed by atoms with Crippen molar-refractivity contribution in [3.05, 3.63) is 35.4 Å². The minimum atomic E-state index is -0.969. The van der Waals surface area contributed by atoms with Crippen molar-refractivity contribution < 1.29 is 9.90 Å². The molecule has 0 aliphatic carbocycles. The van der Waals surface area contributed by atoms with Crippen LogP contribution in [-0.4, -0.2) is 17.0 Å². The Labute approximate surface area is 93.2 Å². The van der Waals surface area contributed by atoms with E-state index in [1.807, 2.05) is 6.07 Å². The van der Waals surface area contributed by atoms with E-state index >= 15 is 0 Å². The van der Waals surface area contributed by atoms with Crippen LogP contribution in [0.3, 0.4) is 0 Å². The molecule has 0 aliphatic rings. The molecule has 15 heavy (non-hydrogen) atoms. The van der Waals surface area contributed by atoms with E-state index in [1.165, 1.54) is 0 Å². The van der Waals surface area contributed by atoms with Crippen LogP contribution in [0.2, 0.25) is 0 Å². The van der Waals surface area contributed by atoms with Gasteiger partial charge in [-0.25, -0.2) is 4.79 Å². The Hall–Kier alpha value is -1.48. The molecule has 3 nitrogen and oxygen atoms in total. The molecule has 0 radical (unpaired) electrons. The second-order valence-corrected chi connectivity index (χ2v) is 3.45. The first-order valence-corrected chi connectivity index (χ1v) is 5.02. The number of nitrogen functional groups attached to an aromatic ring is 1. The molecule has 1 aromatic rings. The molecular weight excluding hydrogens is 214 g/mol. The Bertz CT molecular complexity index is 388. The van der Waals surface area contributed by atoms with Crippen molar-refractivity contribution >= 4 is 29.3 Å². The number of nitrogens with two attached hydrogens (primary N) is 1. The number of carboxylic acid groups (broad SMARTS) is 1. The second kappa shape index (κ2) is 5.41. The fourth-order valence-corrected chi connectivity index (χ4v) is 1.47. The zero-order chi connectivity index (χ0) is 11.3. The molecule has 0 atom stereocenters. The molecule has 0 amide bonds. The molecule has 0 spiro atoms. The number of benzene rings is 1. The fourth-order valence-electron chi connectivity index (χ4n) is 1.27. The van der Waals surface area contributed by atoms with Crippen LogP contribution in [0.15, 0.2) is 24.3 Å². The summed E-state index contributed by atoms with van der Waals surface area (Å²) < 4.78 is 0. The molecule has 0 bridgehead atoms. The lowest BCUT2D eigenvalue weighted by molar-refractivity contribution is -0.131. The first-order chi connectivity index (χ1) is 7.13. The fraction of sp³-hybridized carbons (Fsp3) is 0.182. The van der Waals surface area contributed by atoms with Crippen molar-refractivity contribution in [1.82, 2.24) is 0 Å². The molecule has 1 rings (SSSR count). The summed E-state index contributed by atoms with van der Waals surface area (Å²) in [5, 5.41) is 8.51. The minimum Gasteiger partial charge on any atom is -0.478 e. The number of carboxylic acids is 1. The summed E-state index contributed by atoms with van der Waals surface area (Å²) in [6.07, 6.45) is 3.32. The van der Waals surface area contributed by atoms with Gasteiger partial charge in [0.05, 0.1) is 0 Å². The van der Waals surface area contributed by atoms with Crippen molar-refractivity contribution in [2.24, 2.45) is 0 Å². The van der Waals surface area contributed by atoms with Crippen LogP contribution >= 0.6 is 11.6 Å². The molecule has 0 aliphatic heterocycles. The third-order valence-electron chi connectivity index (χ3n) is 1.94. The number of hydrogen-bond donors (Lipinski definition) is 2. The third-order valence-corrected chi connectivity index (χ3v) is 2.13. The van der Waals surface area contributed by atoms with Gasteiger partial charge < -0.3 is 10.8 Å². The van der Waals surface area contributed by atoms with E-state index in [0.717, 1.165) is 17.2 Å². The Balaban J connectivity index is 3.00. The second-order valence-electron chi connectivity index (χ2n) is 3.07. The zero-order valence-electron chi connectivity index (χ0n) is 8.11. The van der Waals surface area contributed by atoms with Crippen molar-refractivity contribution in [2.45, 2.75) is 6.42 Å². The third kappa shape index (κ3) is 3.64. The Kier molecular flexibility index (Phi) is 4.18. The zero-order valence-corrected chi connectivity index (χ0v) is 8.87. The maximum atomic E-state index is 10.4. The molecule has 0 aromatic heterocycles. The summed E-state index contributed by atoms with van der Waals surface area (Å²) in [5.74, 6) is -0.485. The molecule has 0 saturated heterocycles. The quantitative estimate of drug-likeness (QED) is 0.469. The molecule has 4 heteroatoms. The highest BCUT2D eigenvalue weighted by Gasteiger charge is 2.00. The number of aliphatic carboxylic acids is 1. The summed E-state index contributed by atoms with van der Waals surface area (Å²) in [6.45, 7) is 0. The monoisotopic (exact) mass is 225 g/mol. The Morgan fingerprint density at radius 1 is 1.53 bits per heavy atom. The van der Waals surface area contributed by atoms with Gasteiger partial charge in [0.1, 0.15) is 0 Å². The van der Waals surface area contributed by atoms with Crippen molar-refractivity contribution in [3.63, 3.8) is 0 Å². The number of rotatable bonds is 4. The number of carbonyl (C=O) groups is 1. The lowest BCUT2D eigenvalue weighted by Gasteiger charge is -2.05. The van der Waals surface area contributed by atoms with E-state index in [9.17, 15) is 4.79 Å². The van der Waals surface area contributed by atoms with Crippen LogP contribution in [0.4, 0.5) is 5.69 Å². The van der Waals surface area contributed by atoms with Gasteiger partial charge >= 0.3 is 5.97 Å². The van der Waals surface area contributed by atoms with Gasteiger partial charge in [-0.15, -0.1) is 11.6 Å². The SMILES string of the molecule is Nc1ccc(C=CC(=O)O)c(CCCl)c1. The Morgan fingerprint density at radius 3 is 2.87 bits per heavy atom. The van der Waals surface area contributed by atoms with Crippen molar-refractivity contribution in [3.8, 4) is 0 Å². The van der Waals surface area contributed by atoms with Crippen LogP contribution < -0.4 is 5.73 Å². The van der Waals surface area contributed by atoms with Gasteiger partial charge in [-0.05, 0) is 35.8 Å². The average molecular weight is 226 g/mol. The maximum absolute atomic E-state index is 10.4. The van der Waals surface area contributed by atoms with Gasteiger partial charge in [0, 0.05) is 17.6 Å². The molecule has 1 aromatic carbocycles. The summed E-state index contributed by atoms with van der Waals surface area (Å²) in [4.78, 5) is 10.4. The summed E-state index contributed by atoms with van der Waals surface area (Å²) in [5.41, 5.74) is 8.09. The normalized spacial score (nSPS) is 10.7. The number of alkyl halides is 1. The first kappa shape index (κ1) is 11.6. The van der Waals surface area contributed by atoms with E-state index in [0.29, 0.717) is 18.0 Å². The number of halogens is 1. The van der Waals surface area contributed by atoms with E-state index in [-0.39, 0.29) is 0 Å². The van der Waals surface area contributed by atoms with Crippen LogP contribution in [0.5, 0.6) is 0 Å². The molecular formula is C11H12ClNO2. The predicted octanol–water partition coefficient (Wildman–Crippen LogP) is 2.15. The molecule has 0 fully saturated rings. The van der Waals surface area contributed by atoms with Gasteiger partial charge in [0.25, 0.3) is 0 Å². The molecule has 3 N–H and O–H groups in total. The summed E-state index contributed by atoms with van der Waals surface area (Å²) in [7, 11) is 0. The largest absolute Gasteiger partial charge is 0.478 e. The van der Waals surface area contributed by atoms with Gasteiger partial charge in [0.2, 0.25) is 0 Å². The lowest BCUT2D eigenvalue weighted by Crippen LogP contribution is -1.95. The lowest BCUT2D eigenvalue weighted by atomic mass is 10.0. The molecule has 0 heterocycles. The summed E-state index contributed by atoms with van der Waals surface area (Å²) in [6, 6.07) is 5.33.